The molecule has 1 aromatic heterocycles. The molecule has 1 aliphatic heterocycles. The van der Waals surface area contributed by atoms with Crippen molar-refractivity contribution >= 4 is 11.8 Å². The Bertz CT molecular complexity index is 1090. The van der Waals surface area contributed by atoms with Crippen molar-refractivity contribution in [1.29, 1.82) is 0 Å². The van der Waals surface area contributed by atoms with Crippen molar-refractivity contribution in [3.8, 4) is 5.75 Å². The monoisotopic (exact) mass is 488 g/mol. The number of benzene rings is 1. The van der Waals surface area contributed by atoms with Gasteiger partial charge in [-0.05, 0) is 92.5 Å². The maximum absolute atomic E-state index is 13.3. The Hall–Kier alpha value is -2.77. The van der Waals surface area contributed by atoms with E-state index in [1.54, 1.807) is 6.92 Å². The van der Waals surface area contributed by atoms with E-state index in [1.807, 2.05) is 6.07 Å². The van der Waals surface area contributed by atoms with Gasteiger partial charge in [0.25, 0.3) is 0 Å². The molecule has 5 nitrogen and oxygen atoms in total. The minimum atomic E-state index is -4.45. The number of rotatable bonds is 6. The zero-order chi connectivity index (χ0) is 24.8. The zero-order valence-electron chi connectivity index (χ0n) is 19.8. The van der Waals surface area contributed by atoms with Crippen molar-refractivity contribution in [3.05, 3.63) is 53.2 Å². The Morgan fingerprint density at radius 3 is 2.57 bits per heavy atom. The third-order valence-electron chi connectivity index (χ3n) is 8.06. The van der Waals surface area contributed by atoms with Crippen LogP contribution in [0.1, 0.15) is 74.5 Å². The van der Waals surface area contributed by atoms with Crippen molar-refractivity contribution in [2.24, 2.45) is 11.8 Å². The summed E-state index contributed by atoms with van der Waals surface area (Å²) in [5, 5.41) is 12.6. The van der Waals surface area contributed by atoms with Crippen LogP contribution in [0.15, 0.2) is 36.5 Å². The van der Waals surface area contributed by atoms with Crippen molar-refractivity contribution in [2.75, 3.05) is 5.32 Å². The third kappa shape index (κ3) is 4.98. The molecular weight excluding hydrogens is 457 g/mol. The first-order valence-corrected chi connectivity index (χ1v) is 12.5. The summed E-state index contributed by atoms with van der Waals surface area (Å²) in [5.41, 5.74) is 1.11. The second kappa shape index (κ2) is 9.03. The largest absolute Gasteiger partial charge is 0.487 e. The Labute approximate surface area is 203 Å². The Kier molecular flexibility index (Phi) is 6.18. The fraction of sp³-hybridized carbons (Fsp3) is 0.556. The van der Waals surface area contributed by atoms with Crippen LogP contribution in [0.5, 0.6) is 5.75 Å². The van der Waals surface area contributed by atoms with Crippen LogP contribution in [0.4, 0.5) is 19.0 Å². The number of carboxylic acid groups (broad SMARTS) is 1. The predicted molar refractivity (Wildman–Crippen MR) is 126 cm³/mol. The standard InChI is InChI=1S/C27H31F3N2O3/c1-16(25(33)34)23(18-5-6-18)19-7-4-17-8-11-26(35-22(17)15-19)12-9-20(10-13-26)32-24-21(27(28,29)30)3-2-14-31-24/h2-4,7,14-16,18,20,23H,5-6,8-13H2,1H3,(H,31,32)(H,33,34)/t16-,20?,23-,26?/m0/s1. The molecule has 3 aliphatic rings. The number of alkyl halides is 3. The molecule has 0 bridgehead atoms. The average Bonchev–Trinajstić information content (AvgIpc) is 3.65. The molecule has 8 heteroatoms. The second-order valence-corrected chi connectivity index (χ2v) is 10.5. The lowest BCUT2D eigenvalue weighted by molar-refractivity contribution is -0.142. The van der Waals surface area contributed by atoms with Gasteiger partial charge in [-0.1, -0.05) is 19.1 Å². The Morgan fingerprint density at radius 1 is 1.17 bits per heavy atom. The molecule has 2 aliphatic carbocycles. The molecule has 0 amide bonds. The number of hydrogen-bond acceptors (Lipinski definition) is 4. The number of pyridine rings is 1. The van der Waals surface area contributed by atoms with E-state index in [1.165, 1.54) is 12.3 Å². The summed E-state index contributed by atoms with van der Waals surface area (Å²) in [6.07, 6.45) is 3.71. The number of nitrogens with zero attached hydrogens (tertiary/aromatic N) is 1. The summed E-state index contributed by atoms with van der Waals surface area (Å²) in [6.45, 7) is 1.78. The molecule has 1 spiro atoms. The van der Waals surface area contributed by atoms with Crippen molar-refractivity contribution < 1.29 is 27.8 Å². The number of nitrogens with one attached hydrogen (secondary N) is 1. The van der Waals surface area contributed by atoms with Crippen LogP contribution in [0.25, 0.3) is 0 Å². The van der Waals surface area contributed by atoms with Crippen LogP contribution in [0.3, 0.4) is 0 Å². The van der Waals surface area contributed by atoms with Gasteiger partial charge in [0.2, 0.25) is 0 Å². The average molecular weight is 489 g/mol. The molecule has 1 aromatic carbocycles. The lowest BCUT2D eigenvalue weighted by Crippen LogP contribution is -2.45. The maximum Gasteiger partial charge on any atom is 0.419 e. The number of ether oxygens (including phenoxy) is 1. The van der Waals surface area contributed by atoms with Crippen LogP contribution in [-0.2, 0) is 17.4 Å². The number of aromatic nitrogens is 1. The first-order valence-electron chi connectivity index (χ1n) is 12.5. The fourth-order valence-electron chi connectivity index (χ4n) is 5.89. The van der Waals surface area contributed by atoms with Gasteiger partial charge in [-0.15, -0.1) is 0 Å². The molecule has 2 saturated carbocycles. The van der Waals surface area contributed by atoms with E-state index in [-0.39, 0.29) is 23.4 Å². The highest BCUT2D eigenvalue weighted by atomic mass is 19.4. The van der Waals surface area contributed by atoms with E-state index in [4.69, 9.17) is 4.74 Å². The van der Waals surface area contributed by atoms with Gasteiger partial charge in [0, 0.05) is 12.2 Å². The zero-order valence-corrected chi connectivity index (χ0v) is 19.8. The second-order valence-electron chi connectivity index (χ2n) is 10.5. The van der Waals surface area contributed by atoms with Gasteiger partial charge in [0.05, 0.1) is 11.5 Å². The Morgan fingerprint density at radius 2 is 1.91 bits per heavy atom. The van der Waals surface area contributed by atoms with E-state index in [0.717, 1.165) is 61.5 Å². The molecule has 2 N–H and O–H groups in total. The highest BCUT2D eigenvalue weighted by molar-refractivity contribution is 5.71. The molecule has 188 valence electrons. The van der Waals surface area contributed by atoms with Crippen LogP contribution in [0, 0.1) is 11.8 Å². The number of anilines is 1. The highest BCUT2D eigenvalue weighted by Crippen LogP contribution is 2.49. The van der Waals surface area contributed by atoms with Crippen LogP contribution in [0.2, 0.25) is 0 Å². The molecule has 2 atom stereocenters. The summed E-state index contributed by atoms with van der Waals surface area (Å²) in [7, 11) is 0. The quantitative estimate of drug-likeness (QED) is 0.490. The minimum Gasteiger partial charge on any atom is -0.487 e. The van der Waals surface area contributed by atoms with Crippen molar-refractivity contribution in [3.63, 3.8) is 0 Å². The lowest BCUT2D eigenvalue weighted by Gasteiger charge is -2.44. The van der Waals surface area contributed by atoms with Gasteiger partial charge >= 0.3 is 12.1 Å². The lowest BCUT2D eigenvalue weighted by atomic mass is 9.76. The molecule has 0 radical (unpaired) electrons. The molecule has 2 aromatic rings. The SMILES string of the molecule is C[C@H](C(=O)O)[C@H](c1ccc2c(c1)OC1(CC2)CCC(Nc2ncccc2C(F)(F)F)CC1)C1CC1. The molecular formula is C27H31F3N2O3. The Balaban J connectivity index is 1.28. The number of aryl methyl sites for hydroxylation is 1. The van der Waals surface area contributed by atoms with Crippen molar-refractivity contribution in [2.45, 2.75) is 82.0 Å². The summed E-state index contributed by atoms with van der Waals surface area (Å²) in [4.78, 5) is 15.7. The van der Waals surface area contributed by atoms with Crippen LogP contribution >= 0.6 is 0 Å². The van der Waals surface area contributed by atoms with Crippen LogP contribution < -0.4 is 10.1 Å². The van der Waals surface area contributed by atoms with Gasteiger partial charge in [0.1, 0.15) is 17.2 Å². The third-order valence-corrected chi connectivity index (χ3v) is 8.06. The first-order chi connectivity index (χ1) is 16.7. The first kappa shape index (κ1) is 23.9. The van der Waals surface area contributed by atoms with Gasteiger partial charge in [0.15, 0.2) is 0 Å². The van der Waals surface area contributed by atoms with Gasteiger partial charge in [-0.3, -0.25) is 4.79 Å². The van der Waals surface area contributed by atoms with Gasteiger partial charge in [-0.2, -0.15) is 13.2 Å². The topological polar surface area (TPSA) is 71.5 Å². The number of hydrogen-bond donors (Lipinski definition) is 2. The number of halogens is 3. The highest BCUT2D eigenvalue weighted by Gasteiger charge is 2.43. The molecule has 0 unspecified atom stereocenters. The van der Waals surface area contributed by atoms with Gasteiger partial charge < -0.3 is 15.2 Å². The fourth-order valence-corrected chi connectivity index (χ4v) is 5.89. The van der Waals surface area contributed by atoms with Crippen molar-refractivity contribution in [1.82, 2.24) is 4.98 Å². The van der Waals surface area contributed by atoms with Gasteiger partial charge in [-0.25, -0.2) is 4.98 Å². The number of aliphatic carboxylic acids is 1. The smallest absolute Gasteiger partial charge is 0.419 e. The molecule has 35 heavy (non-hydrogen) atoms. The molecule has 2 heterocycles. The maximum atomic E-state index is 13.3. The predicted octanol–water partition coefficient (Wildman–Crippen LogP) is 6.43. The summed E-state index contributed by atoms with van der Waals surface area (Å²) in [5.74, 6) is -0.101. The normalized spacial score (nSPS) is 25.9. The summed E-state index contributed by atoms with van der Waals surface area (Å²) in [6, 6.07) is 8.45. The van der Waals surface area contributed by atoms with E-state index in [2.05, 4.69) is 22.4 Å². The summed E-state index contributed by atoms with van der Waals surface area (Å²) >= 11 is 0. The minimum absolute atomic E-state index is 0.0135. The number of carbonyl (C=O) groups is 1. The van der Waals surface area contributed by atoms with E-state index in [9.17, 15) is 23.1 Å². The molecule has 0 saturated heterocycles. The number of carboxylic acids is 1. The summed E-state index contributed by atoms with van der Waals surface area (Å²) < 4.78 is 46.6. The molecule has 2 fully saturated rings. The van der Waals surface area contributed by atoms with E-state index < -0.39 is 23.6 Å². The molecule has 5 rings (SSSR count). The van der Waals surface area contributed by atoms with Crippen LogP contribution in [-0.4, -0.2) is 27.7 Å². The van der Waals surface area contributed by atoms with E-state index in [0.29, 0.717) is 18.8 Å². The van der Waals surface area contributed by atoms with E-state index >= 15 is 0 Å². The number of fused-ring (bicyclic) bond motifs is 1.